The van der Waals surface area contributed by atoms with Crippen LogP contribution in [0.5, 0.6) is 5.75 Å². The van der Waals surface area contributed by atoms with Gasteiger partial charge in [0.1, 0.15) is 5.75 Å². The Morgan fingerprint density at radius 2 is 1.79 bits per heavy atom. The van der Waals surface area contributed by atoms with Crippen LogP contribution in [0.2, 0.25) is 0 Å². The zero-order valence-electron chi connectivity index (χ0n) is 9.52. The summed E-state index contributed by atoms with van der Waals surface area (Å²) in [6.45, 7) is -1.25. The standard InChI is InChI=1S/C11H8F6O2/c1-6(18)7-2-3-9(19-10(13,14)5-12)8(4-7)11(15,16)17/h2-4H,5H2,1H3. The molecule has 0 bridgehead atoms. The lowest BCUT2D eigenvalue weighted by molar-refractivity contribution is -0.192. The molecule has 0 aliphatic heterocycles. The summed E-state index contributed by atoms with van der Waals surface area (Å²) in [4.78, 5) is 11.0. The van der Waals surface area contributed by atoms with Crippen LogP contribution in [0.1, 0.15) is 22.8 Å². The van der Waals surface area contributed by atoms with Gasteiger partial charge < -0.3 is 4.74 Å². The van der Waals surface area contributed by atoms with Crippen molar-refractivity contribution >= 4 is 5.78 Å². The van der Waals surface area contributed by atoms with Crippen molar-refractivity contribution in [2.45, 2.75) is 19.2 Å². The summed E-state index contributed by atoms with van der Waals surface area (Å²) in [7, 11) is 0. The van der Waals surface area contributed by atoms with Gasteiger partial charge in [0, 0.05) is 5.56 Å². The van der Waals surface area contributed by atoms with Crippen molar-refractivity contribution in [1.29, 1.82) is 0 Å². The topological polar surface area (TPSA) is 26.3 Å². The van der Waals surface area contributed by atoms with Crippen molar-refractivity contribution in [3.05, 3.63) is 29.3 Å². The van der Waals surface area contributed by atoms with Crippen molar-refractivity contribution in [1.82, 2.24) is 0 Å². The summed E-state index contributed by atoms with van der Waals surface area (Å²) in [5.74, 6) is -1.91. The van der Waals surface area contributed by atoms with Crippen LogP contribution in [0.4, 0.5) is 26.3 Å². The highest BCUT2D eigenvalue weighted by Gasteiger charge is 2.39. The van der Waals surface area contributed by atoms with Gasteiger partial charge in [0.15, 0.2) is 12.5 Å². The van der Waals surface area contributed by atoms with Gasteiger partial charge in [0.2, 0.25) is 0 Å². The molecule has 0 saturated carbocycles. The van der Waals surface area contributed by atoms with E-state index in [9.17, 15) is 31.1 Å². The first kappa shape index (κ1) is 15.3. The first-order chi connectivity index (χ1) is 8.57. The summed E-state index contributed by atoms with van der Waals surface area (Å²) in [5, 5.41) is 0. The number of rotatable bonds is 4. The molecule has 8 heteroatoms. The van der Waals surface area contributed by atoms with Gasteiger partial charge in [-0.25, -0.2) is 4.39 Å². The number of carbonyl (C=O) groups excluding carboxylic acids is 1. The van der Waals surface area contributed by atoms with Crippen molar-refractivity contribution in [2.24, 2.45) is 0 Å². The molecule has 0 unspecified atom stereocenters. The van der Waals surface area contributed by atoms with Crippen LogP contribution < -0.4 is 4.74 Å². The van der Waals surface area contributed by atoms with E-state index in [1.54, 1.807) is 0 Å². The first-order valence-electron chi connectivity index (χ1n) is 4.92. The fourth-order valence-electron chi connectivity index (χ4n) is 1.25. The highest BCUT2D eigenvalue weighted by Crippen LogP contribution is 2.38. The first-order valence-corrected chi connectivity index (χ1v) is 4.92. The van der Waals surface area contributed by atoms with Gasteiger partial charge in [-0.2, -0.15) is 22.0 Å². The molecule has 1 rings (SSSR count). The number of alkyl halides is 6. The van der Waals surface area contributed by atoms with Crippen LogP contribution in [-0.4, -0.2) is 18.6 Å². The predicted octanol–water partition coefficient (Wildman–Crippen LogP) is 3.85. The molecule has 1 aromatic carbocycles. The molecule has 1 aromatic rings. The quantitative estimate of drug-likeness (QED) is 0.620. The van der Waals surface area contributed by atoms with E-state index in [1.807, 2.05) is 0 Å². The summed E-state index contributed by atoms with van der Waals surface area (Å²) >= 11 is 0. The molecule has 0 atom stereocenters. The lowest BCUT2D eigenvalue weighted by atomic mass is 10.1. The van der Waals surface area contributed by atoms with Crippen LogP contribution in [0, 0.1) is 0 Å². The maximum Gasteiger partial charge on any atom is 0.427 e. The third kappa shape index (κ3) is 3.87. The van der Waals surface area contributed by atoms with E-state index in [0.29, 0.717) is 12.1 Å². The molecule has 0 fully saturated rings. The van der Waals surface area contributed by atoms with Gasteiger partial charge in [-0.1, -0.05) is 0 Å². The van der Waals surface area contributed by atoms with E-state index < -0.39 is 36.1 Å². The van der Waals surface area contributed by atoms with E-state index in [0.717, 1.165) is 13.0 Å². The van der Waals surface area contributed by atoms with Crippen LogP contribution in [0.25, 0.3) is 0 Å². The van der Waals surface area contributed by atoms with Gasteiger partial charge in [0.25, 0.3) is 0 Å². The molecule has 0 saturated heterocycles. The largest absolute Gasteiger partial charge is 0.430 e. The lowest BCUT2D eigenvalue weighted by Gasteiger charge is -2.19. The number of ketones is 1. The predicted molar refractivity (Wildman–Crippen MR) is 53.0 cm³/mol. The Morgan fingerprint density at radius 1 is 1.21 bits per heavy atom. The van der Waals surface area contributed by atoms with Crippen LogP contribution in [0.3, 0.4) is 0 Å². The van der Waals surface area contributed by atoms with Crippen molar-refractivity contribution in [3.8, 4) is 5.75 Å². The van der Waals surface area contributed by atoms with E-state index >= 15 is 0 Å². The minimum absolute atomic E-state index is 0.316. The molecular weight excluding hydrogens is 278 g/mol. The van der Waals surface area contributed by atoms with Gasteiger partial charge >= 0.3 is 12.3 Å². The normalized spacial score (nSPS) is 12.4. The lowest BCUT2D eigenvalue weighted by Crippen LogP contribution is -2.28. The van der Waals surface area contributed by atoms with E-state index in [2.05, 4.69) is 4.74 Å². The van der Waals surface area contributed by atoms with Crippen LogP contribution in [-0.2, 0) is 6.18 Å². The molecule has 0 heterocycles. The molecular formula is C11H8F6O2. The minimum atomic E-state index is -5.01. The second-order valence-corrected chi connectivity index (χ2v) is 3.64. The van der Waals surface area contributed by atoms with Crippen molar-refractivity contribution in [2.75, 3.05) is 6.67 Å². The average molecular weight is 286 g/mol. The maximum atomic E-state index is 12.6. The fraction of sp³-hybridized carbons (Fsp3) is 0.364. The molecule has 0 radical (unpaired) electrons. The number of ether oxygens (including phenoxy) is 1. The third-order valence-electron chi connectivity index (χ3n) is 2.11. The summed E-state index contributed by atoms with van der Waals surface area (Å²) in [6, 6.07) is 1.83. The summed E-state index contributed by atoms with van der Waals surface area (Å²) in [6.07, 6.45) is -9.37. The summed E-state index contributed by atoms with van der Waals surface area (Å²) in [5.41, 5.74) is -1.88. The zero-order chi connectivity index (χ0) is 14.8. The van der Waals surface area contributed by atoms with E-state index in [1.165, 1.54) is 0 Å². The smallest absolute Gasteiger partial charge is 0.427 e. The maximum absolute atomic E-state index is 12.6. The third-order valence-corrected chi connectivity index (χ3v) is 2.11. The zero-order valence-corrected chi connectivity index (χ0v) is 9.52. The molecule has 0 aromatic heterocycles. The molecule has 0 N–H and O–H groups in total. The average Bonchev–Trinajstić information content (AvgIpc) is 2.27. The van der Waals surface area contributed by atoms with Crippen LogP contribution in [0.15, 0.2) is 18.2 Å². The number of benzene rings is 1. The molecule has 0 aliphatic carbocycles. The van der Waals surface area contributed by atoms with Gasteiger partial charge in [-0.05, 0) is 25.1 Å². The Hall–Kier alpha value is -1.73. The SMILES string of the molecule is CC(=O)c1ccc(OC(F)(F)CF)c(C(F)(F)F)c1. The molecule has 106 valence electrons. The van der Waals surface area contributed by atoms with Crippen molar-refractivity contribution in [3.63, 3.8) is 0 Å². The molecule has 0 aliphatic rings. The molecule has 2 nitrogen and oxygen atoms in total. The number of carbonyl (C=O) groups is 1. The monoisotopic (exact) mass is 286 g/mol. The number of hydrogen-bond acceptors (Lipinski definition) is 2. The number of halogens is 6. The van der Waals surface area contributed by atoms with Crippen LogP contribution >= 0.6 is 0 Å². The highest BCUT2D eigenvalue weighted by atomic mass is 19.4. The Labute approximate surface area is 104 Å². The Bertz CT molecular complexity index is 481. The minimum Gasteiger partial charge on any atom is -0.430 e. The van der Waals surface area contributed by atoms with E-state index in [-0.39, 0.29) is 5.56 Å². The second kappa shape index (κ2) is 5.10. The molecule has 19 heavy (non-hydrogen) atoms. The van der Waals surface area contributed by atoms with Crippen molar-refractivity contribution < 1.29 is 35.9 Å². The molecule has 0 spiro atoms. The van der Waals surface area contributed by atoms with Gasteiger partial charge in [-0.15, -0.1) is 0 Å². The summed E-state index contributed by atoms with van der Waals surface area (Å²) < 4.78 is 78.8. The fourth-order valence-corrected chi connectivity index (χ4v) is 1.25. The highest BCUT2D eigenvalue weighted by molar-refractivity contribution is 5.94. The van der Waals surface area contributed by atoms with Gasteiger partial charge in [0.05, 0.1) is 5.56 Å². The number of Topliss-reactive ketones (excluding diaryl/α,β-unsaturated/α-hetero) is 1. The Kier molecular flexibility index (Phi) is 4.12. The second-order valence-electron chi connectivity index (χ2n) is 3.64. The molecule has 0 amide bonds. The Balaban J connectivity index is 3.28. The Morgan fingerprint density at radius 3 is 2.21 bits per heavy atom. The van der Waals surface area contributed by atoms with Gasteiger partial charge in [-0.3, -0.25) is 4.79 Å². The number of hydrogen-bond donors (Lipinski definition) is 0. The van der Waals surface area contributed by atoms with E-state index in [4.69, 9.17) is 0 Å².